The molecule has 0 saturated heterocycles. The third kappa shape index (κ3) is 3.22. The lowest BCUT2D eigenvalue weighted by Crippen LogP contribution is -1.96. The summed E-state index contributed by atoms with van der Waals surface area (Å²) in [4.78, 5) is 10.2. The van der Waals surface area contributed by atoms with Crippen molar-refractivity contribution in [3.63, 3.8) is 0 Å². The minimum atomic E-state index is -0.437. The van der Waals surface area contributed by atoms with Crippen LogP contribution in [0.4, 0.5) is 22.7 Å². The molecule has 6 nitrogen and oxygen atoms in total. The number of azo groups is 1. The van der Waals surface area contributed by atoms with Crippen molar-refractivity contribution in [3.8, 4) is 0 Å². The lowest BCUT2D eigenvalue weighted by atomic mass is 10.1. The predicted molar refractivity (Wildman–Crippen MR) is 95.4 cm³/mol. The second-order valence-corrected chi connectivity index (χ2v) is 5.18. The van der Waals surface area contributed by atoms with Gasteiger partial charge < -0.3 is 5.32 Å². The second-order valence-electron chi connectivity index (χ2n) is 5.18. The molecule has 3 aromatic carbocycles. The zero-order chi connectivity index (χ0) is 16.9. The van der Waals surface area contributed by atoms with Crippen LogP contribution in [0.25, 0.3) is 10.8 Å². The first-order chi connectivity index (χ1) is 11.7. The van der Waals surface area contributed by atoms with Crippen molar-refractivity contribution in [1.29, 1.82) is 0 Å². The van der Waals surface area contributed by atoms with Crippen molar-refractivity contribution in [2.45, 2.75) is 6.92 Å². The van der Waals surface area contributed by atoms with Gasteiger partial charge in [-0.25, -0.2) is 0 Å². The molecule has 0 radical (unpaired) electrons. The van der Waals surface area contributed by atoms with E-state index in [0.29, 0.717) is 5.69 Å². The lowest BCUT2D eigenvalue weighted by Gasteiger charge is -2.09. The van der Waals surface area contributed by atoms with E-state index >= 15 is 0 Å². The van der Waals surface area contributed by atoms with Gasteiger partial charge in [0.2, 0.25) is 0 Å². The Morgan fingerprint density at radius 3 is 2.33 bits per heavy atom. The van der Waals surface area contributed by atoms with Gasteiger partial charge in [-0.15, -0.1) is 5.11 Å². The molecule has 0 saturated carbocycles. The van der Waals surface area contributed by atoms with Crippen LogP contribution in [-0.4, -0.2) is 11.5 Å². The minimum Gasteiger partial charge on any atom is -0.385 e. The molecule has 0 spiro atoms. The maximum Gasteiger partial charge on any atom is 0.269 e. The number of hydrogen-bond donors (Lipinski definition) is 1. The first-order valence-corrected chi connectivity index (χ1v) is 7.61. The number of non-ortho nitro benzene ring substituents is 1. The highest BCUT2D eigenvalue weighted by Crippen LogP contribution is 2.32. The standard InChI is InChI=1S/C18H16N4O2/c1-2-19-17-11-12-18(16-6-4-3-5-15(16)17)21-20-13-7-9-14(10-8-13)22(23)24/h3-12,19H,2H2,1H3. The third-order valence-electron chi connectivity index (χ3n) is 3.60. The molecule has 6 heteroatoms. The minimum absolute atomic E-state index is 0.0365. The summed E-state index contributed by atoms with van der Waals surface area (Å²) in [5.74, 6) is 0. The highest BCUT2D eigenvalue weighted by molar-refractivity contribution is 6.00. The van der Waals surface area contributed by atoms with Crippen LogP contribution in [-0.2, 0) is 0 Å². The first-order valence-electron chi connectivity index (χ1n) is 7.61. The maximum atomic E-state index is 10.7. The number of nitrogens with one attached hydrogen (secondary N) is 1. The van der Waals surface area contributed by atoms with Gasteiger partial charge in [0.25, 0.3) is 5.69 Å². The lowest BCUT2D eigenvalue weighted by molar-refractivity contribution is -0.384. The zero-order valence-electron chi connectivity index (χ0n) is 13.1. The fraction of sp³-hybridized carbons (Fsp3) is 0.111. The van der Waals surface area contributed by atoms with Crippen molar-refractivity contribution >= 4 is 33.5 Å². The molecule has 0 unspecified atom stereocenters. The highest BCUT2D eigenvalue weighted by atomic mass is 16.6. The van der Waals surface area contributed by atoms with E-state index in [9.17, 15) is 10.1 Å². The van der Waals surface area contributed by atoms with Crippen molar-refractivity contribution in [3.05, 3.63) is 70.8 Å². The van der Waals surface area contributed by atoms with Gasteiger partial charge in [0.15, 0.2) is 0 Å². The molecule has 0 aliphatic rings. The third-order valence-corrected chi connectivity index (χ3v) is 3.60. The summed E-state index contributed by atoms with van der Waals surface area (Å²) in [6.45, 7) is 2.89. The summed E-state index contributed by atoms with van der Waals surface area (Å²) >= 11 is 0. The van der Waals surface area contributed by atoms with Crippen molar-refractivity contribution in [2.75, 3.05) is 11.9 Å². The van der Waals surface area contributed by atoms with Crippen LogP contribution in [0, 0.1) is 10.1 Å². The van der Waals surface area contributed by atoms with Crippen LogP contribution in [0.1, 0.15) is 6.92 Å². The molecule has 0 aliphatic carbocycles. The molecule has 0 heterocycles. The van der Waals surface area contributed by atoms with Crippen LogP contribution >= 0.6 is 0 Å². The number of nitrogens with zero attached hydrogens (tertiary/aromatic N) is 3. The number of anilines is 1. The fourth-order valence-corrected chi connectivity index (χ4v) is 2.47. The Bertz CT molecular complexity index is 905. The van der Waals surface area contributed by atoms with Crippen molar-refractivity contribution < 1.29 is 4.92 Å². The molecular formula is C18H16N4O2. The Morgan fingerprint density at radius 2 is 1.67 bits per heavy atom. The SMILES string of the molecule is CCNc1ccc(N=Nc2ccc([N+](=O)[O-])cc2)c2ccccc12. The van der Waals surface area contributed by atoms with Gasteiger partial charge in [0.1, 0.15) is 0 Å². The summed E-state index contributed by atoms with van der Waals surface area (Å²) in [6, 6.07) is 17.9. The van der Waals surface area contributed by atoms with Crippen molar-refractivity contribution in [2.24, 2.45) is 10.2 Å². The molecule has 0 aromatic heterocycles. The monoisotopic (exact) mass is 320 g/mol. The van der Waals surface area contributed by atoms with Gasteiger partial charge in [-0.3, -0.25) is 10.1 Å². The molecule has 0 amide bonds. The molecule has 3 aromatic rings. The smallest absolute Gasteiger partial charge is 0.269 e. The van der Waals surface area contributed by atoms with E-state index in [0.717, 1.165) is 28.7 Å². The Balaban J connectivity index is 1.95. The van der Waals surface area contributed by atoms with E-state index in [1.54, 1.807) is 12.1 Å². The highest BCUT2D eigenvalue weighted by Gasteiger charge is 2.06. The average Bonchev–Trinajstić information content (AvgIpc) is 2.61. The molecule has 0 atom stereocenters. The number of nitro benzene ring substituents is 1. The second kappa shape index (κ2) is 6.87. The van der Waals surface area contributed by atoms with Crippen LogP contribution in [0.5, 0.6) is 0 Å². The van der Waals surface area contributed by atoms with Crippen LogP contribution in [0.2, 0.25) is 0 Å². The van der Waals surface area contributed by atoms with Gasteiger partial charge >= 0.3 is 0 Å². The zero-order valence-corrected chi connectivity index (χ0v) is 13.1. The largest absolute Gasteiger partial charge is 0.385 e. The first kappa shape index (κ1) is 15.6. The van der Waals surface area contributed by atoms with Crippen LogP contribution in [0.3, 0.4) is 0 Å². The summed E-state index contributed by atoms with van der Waals surface area (Å²) < 4.78 is 0. The number of hydrogen-bond acceptors (Lipinski definition) is 5. The molecule has 1 N–H and O–H groups in total. The van der Waals surface area contributed by atoms with Gasteiger partial charge in [-0.05, 0) is 31.2 Å². The van der Waals surface area contributed by atoms with Gasteiger partial charge in [0.05, 0.1) is 16.3 Å². The Morgan fingerprint density at radius 1 is 0.958 bits per heavy atom. The fourth-order valence-electron chi connectivity index (χ4n) is 2.47. The summed E-state index contributed by atoms with van der Waals surface area (Å²) in [7, 11) is 0. The molecule has 24 heavy (non-hydrogen) atoms. The number of benzene rings is 3. The normalized spacial score (nSPS) is 11.0. The van der Waals surface area contributed by atoms with Crippen LogP contribution < -0.4 is 5.32 Å². The van der Waals surface area contributed by atoms with Crippen molar-refractivity contribution in [1.82, 2.24) is 0 Å². The quantitative estimate of drug-likeness (QED) is 0.378. The molecule has 0 bridgehead atoms. The van der Waals surface area contributed by atoms with E-state index in [4.69, 9.17) is 0 Å². The molecular weight excluding hydrogens is 304 g/mol. The molecule has 0 aliphatic heterocycles. The molecule has 0 fully saturated rings. The maximum absolute atomic E-state index is 10.7. The van der Waals surface area contributed by atoms with Gasteiger partial charge in [0, 0.05) is 35.1 Å². The van der Waals surface area contributed by atoms with Gasteiger partial charge in [-0.2, -0.15) is 5.11 Å². The topological polar surface area (TPSA) is 79.9 Å². The summed E-state index contributed by atoms with van der Waals surface area (Å²) in [5, 5.41) is 24.6. The predicted octanol–water partition coefficient (Wildman–Crippen LogP) is 5.60. The number of fused-ring (bicyclic) bond motifs is 1. The number of nitro groups is 1. The Hall–Kier alpha value is -3.28. The summed E-state index contributed by atoms with van der Waals surface area (Å²) in [6.07, 6.45) is 0. The molecule has 120 valence electrons. The Kier molecular flexibility index (Phi) is 4.47. The summed E-state index contributed by atoms with van der Waals surface area (Å²) in [5.41, 5.74) is 2.42. The Labute approximate surface area is 139 Å². The van der Waals surface area contributed by atoms with Crippen LogP contribution in [0.15, 0.2) is 70.9 Å². The van der Waals surface area contributed by atoms with E-state index in [1.807, 2.05) is 36.4 Å². The number of rotatable bonds is 5. The molecule has 3 rings (SSSR count). The van der Waals surface area contributed by atoms with E-state index in [-0.39, 0.29) is 5.69 Å². The van der Waals surface area contributed by atoms with E-state index in [2.05, 4.69) is 22.5 Å². The van der Waals surface area contributed by atoms with E-state index in [1.165, 1.54) is 12.1 Å². The van der Waals surface area contributed by atoms with E-state index < -0.39 is 4.92 Å². The van der Waals surface area contributed by atoms with Gasteiger partial charge in [-0.1, -0.05) is 24.3 Å². The average molecular weight is 320 g/mol.